The minimum atomic E-state index is -0.434. The number of H-pyrrole nitrogens is 1. The van der Waals surface area contributed by atoms with Crippen LogP contribution in [0.15, 0.2) is 66.7 Å². The first-order valence-electron chi connectivity index (χ1n) is 10.0. The van der Waals surface area contributed by atoms with E-state index in [9.17, 15) is 14.0 Å². The molecule has 0 bridgehead atoms. The fourth-order valence-electron chi connectivity index (χ4n) is 3.41. The van der Waals surface area contributed by atoms with E-state index in [0.29, 0.717) is 12.2 Å². The molecule has 0 saturated heterocycles. The fraction of sp³-hybridized carbons (Fsp3) is 0.120. The SMILES string of the molecule is COc1ccc(CNC(=O)c2[nH]c3ccc(C)cc3c2NC(=O)c2ccc(F)cc2)cc1. The summed E-state index contributed by atoms with van der Waals surface area (Å²) in [6.07, 6.45) is 0. The first-order chi connectivity index (χ1) is 15.4. The lowest BCUT2D eigenvalue weighted by atomic mass is 10.1. The first-order valence-corrected chi connectivity index (χ1v) is 10.0. The zero-order valence-electron chi connectivity index (χ0n) is 17.7. The van der Waals surface area contributed by atoms with E-state index in [-0.39, 0.29) is 17.2 Å². The summed E-state index contributed by atoms with van der Waals surface area (Å²) in [6, 6.07) is 18.3. The maximum atomic E-state index is 13.2. The highest BCUT2D eigenvalue weighted by atomic mass is 19.1. The van der Waals surface area contributed by atoms with Gasteiger partial charge in [0.15, 0.2) is 0 Å². The van der Waals surface area contributed by atoms with Crippen molar-refractivity contribution in [2.75, 3.05) is 12.4 Å². The van der Waals surface area contributed by atoms with Crippen molar-refractivity contribution in [1.29, 1.82) is 0 Å². The summed E-state index contributed by atoms with van der Waals surface area (Å²) in [6.45, 7) is 2.24. The number of carbonyl (C=O) groups is 2. The second-order valence-electron chi connectivity index (χ2n) is 7.42. The van der Waals surface area contributed by atoms with Gasteiger partial charge in [-0.2, -0.15) is 0 Å². The van der Waals surface area contributed by atoms with E-state index in [4.69, 9.17) is 4.74 Å². The van der Waals surface area contributed by atoms with Crippen molar-refractivity contribution in [3.05, 3.63) is 94.9 Å². The highest BCUT2D eigenvalue weighted by molar-refractivity contribution is 6.15. The lowest BCUT2D eigenvalue weighted by Crippen LogP contribution is -2.25. The van der Waals surface area contributed by atoms with E-state index in [1.165, 1.54) is 24.3 Å². The molecule has 4 aromatic rings. The second kappa shape index (κ2) is 8.93. The zero-order valence-corrected chi connectivity index (χ0v) is 17.7. The van der Waals surface area contributed by atoms with Crippen molar-refractivity contribution >= 4 is 28.4 Å². The Hall–Kier alpha value is -4.13. The Morgan fingerprint density at radius 1 is 0.969 bits per heavy atom. The monoisotopic (exact) mass is 431 g/mol. The molecule has 0 unspecified atom stereocenters. The molecule has 0 saturated carbocycles. The number of ether oxygens (including phenoxy) is 1. The molecule has 4 rings (SSSR count). The Morgan fingerprint density at radius 2 is 1.69 bits per heavy atom. The molecule has 0 fully saturated rings. The van der Waals surface area contributed by atoms with Crippen LogP contribution < -0.4 is 15.4 Å². The maximum absolute atomic E-state index is 13.2. The zero-order chi connectivity index (χ0) is 22.7. The number of halogens is 1. The third kappa shape index (κ3) is 4.46. The third-order valence-corrected chi connectivity index (χ3v) is 5.14. The van der Waals surface area contributed by atoms with Crippen molar-refractivity contribution in [3.8, 4) is 5.75 Å². The standard InChI is InChI=1S/C25H22FN3O3/c1-15-3-12-21-20(13-15)22(29-24(30)17-6-8-18(26)9-7-17)23(28-21)25(31)27-14-16-4-10-19(32-2)11-5-16/h3-13,28H,14H2,1-2H3,(H,27,31)(H,29,30). The predicted molar refractivity (Wildman–Crippen MR) is 122 cm³/mol. The summed E-state index contributed by atoms with van der Waals surface area (Å²) >= 11 is 0. The van der Waals surface area contributed by atoms with E-state index in [1.807, 2.05) is 49.4 Å². The van der Waals surface area contributed by atoms with Gasteiger partial charge in [-0.3, -0.25) is 9.59 Å². The molecule has 2 amide bonds. The molecular formula is C25H22FN3O3. The Labute approximate surface area is 184 Å². The van der Waals surface area contributed by atoms with E-state index in [1.54, 1.807) is 7.11 Å². The van der Waals surface area contributed by atoms with Gasteiger partial charge in [0.25, 0.3) is 11.8 Å². The smallest absolute Gasteiger partial charge is 0.270 e. The average molecular weight is 431 g/mol. The van der Waals surface area contributed by atoms with Crippen LogP contribution in [0.4, 0.5) is 10.1 Å². The molecule has 3 N–H and O–H groups in total. The Morgan fingerprint density at radius 3 is 2.38 bits per heavy atom. The van der Waals surface area contributed by atoms with Gasteiger partial charge in [0.2, 0.25) is 0 Å². The van der Waals surface area contributed by atoms with Crippen LogP contribution in [0.1, 0.15) is 32.0 Å². The number of rotatable bonds is 6. The van der Waals surface area contributed by atoms with Gasteiger partial charge in [0.1, 0.15) is 17.3 Å². The number of nitrogens with one attached hydrogen (secondary N) is 3. The van der Waals surface area contributed by atoms with Gasteiger partial charge in [0.05, 0.1) is 12.8 Å². The van der Waals surface area contributed by atoms with Gasteiger partial charge in [-0.15, -0.1) is 0 Å². The van der Waals surface area contributed by atoms with Gasteiger partial charge in [-0.1, -0.05) is 23.8 Å². The number of carbonyl (C=O) groups excluding carboxylic acids is 2. The van der Waals surface area contributed by atoms with Gasteiger partial charge in [0, 0.05) is 23.0 Å². The molecule has 32 heavy (non-hydrogen) atoms. The largest absolute Gasteiger partial charge is 0.497 e. The second-order valence-corrected chi connectivity index (χ2v) is 7.42. The summed E-state index contributed by atoms with van der Waals surface area (Å²) in [5, 5.41) is 6.42. The summed E-state index contributed by atoms with van der Waals surface area (Å²) in [4.78, 5) is 28.9. The number of aryl methyl sites for hydroxylation is 1. The summed E-state index contributed by atoms with van der Waals surface area (Å²) < 4.78 is 18.4. The van der Waals surface area contributed by atoms with Crippen LogP contribution >= 0.6 is 0 Å². The highest BCUT2D eigenvalue weighted by Gasteiger charge is 2.20. The topological polar surface area (TPSA) is 83.2 Å². The van der Waals surface area contributed by atoms with Crippen molar-refractivity contribution < 1.29 is 18.7 Å². The number of methoxy groups -OCH3 is 1. The van der Waals surface area contributed by atoms with Crippen molar-refractivity contribution in [3.63, 3.8) is 0 Å². The van der Waals surface area contributed by atoms with Crippen LogP contribution in [0.3, 0.4) is 0 Å². The van der Waals surface area contributed by atoms with Crippen LogP contribution in [0.25, 0.3) is 10.9 Å². The lowest BCUT2D eigenvalue weighted by Gasteiger charge is -2.09. The summed E-state index contributed by atoms with van der Waals surface area (Å²) in [7, 11) is 1.59. The molecule has 0 radical (unpaired) electrons. The van der Waals surface area contributed by atoms with E-state index in [2.05, 4.69) is 15.6 Å². The Kier molecular flexibility index (Phi) is 5.89. The van der Waals surface area contributed by atoms with Crippen molar-refractivity contribution in [1.82, 2.24) is 10.3 Å². The van der Waals surface area contributed by atoms with Crippen LogP contribution in [-0.2, 0) is 6.54 Å². The molecular weight excluding hydrogens is 409 g/mol. The molecule has 7 heteroatoms. The van der Waals surface area contributed by atoms with Crippen LogP contribution in [0.2, 0.25) is 0 Å². The number of aromatic nitrogens is 1. The van der Waals surface area contributed by atoms with Gasteiger partial charge in [-0.05, 0) is 61.0 Å². The Balaban J connectivity index is 1.61. The van der Waals surface area contributed by atoms with Gasteiger partial charge >= 0.3 is 0 Å². The van der Waals surface area contributed by atoms with Crippen molar-refractivity contribution in [2.24, 2.45) is 0 Å². The minimum Gasteiger partial charge on any atom is -0.497 e. The molecule has 162 valence electrons. The number of hydrogen-bond donors (Lipinski definition) is 3. The highest BCUT2D eigenvalue weighted by Crippen LogP contribution is 2.29. The molecule has 1 heterocycles. The normalized spacial score (nSPS) is 10.7. The van der Waals surface area contributed by atoms with E-state index >= 15 is 0 Å². The number of hydrogen-bond acceptors (Lipinski definition) is 3. The van der Waals surface area contributed by atoms with Crippen molar-refractivity contribution in [2.45, 2.75) is 13.5 Å². The molecule has 3 aromatic carbocycles. The molecule has 0 aliphatic carbocycles. The summed E-state index contributed by atoms with van der Waals surface area (Å²) in [5.41, 5.74) is 3.53. The lowest BCUT2D eigenvalue weighted by molar-refractivity contribution is 0.0947. The molecule has 0 spiro atoms. The molecule has 1 aromatic heterocycles. The molecule has 0 aliphatic heterocycles. The van der Waals surface area contributed by atoms with E-state index < -0.39 is 11.7 Å². The number of amides is 2. The number of fused-ring (bicyclic) bond motifs is 1. The Bertz CT molecular complexity index is 1280. The van der Waals surface area contributed by atoms with E-state index in [0.717, 1.165) is 27.8 Å². The average Bonchev–Trinajstić information content (AvgIpc) is 3.15. The van der Waals surface area contributed by atoms with Crippen LogP contribution in [0, 0.1) is 12.7 Å². The molecule has 0 atom stereocenters. The quantitative estimate of drug-likeness (QED) is 0.410. The number of aromatic amines is 1. The molecule has 0 aliphatic rings. The predicted octanol–water partition coefficient (Wildman–Crippen LogP) is 4.81. The van der Waals surface area contributed by atoms with Gasteiger partial charge in [-0.25, -0.2) is 4.39 Å². The summed E-state index contributed by atoms with van der Waals surface area (Å²) in [5.74, 6) is -0.486. The third-order valence-electron chi connectivity index (χ3n) is 5.14. The van der Waals surface area contributed by atoms with Gasteiger partial charge < -0.3 is 20.4 Å². The number of anilines is 1. The maximum Gasteiger partial charge on any atom is 0.270 e. The first kappa shape index (κ1) is 21.1. The molecule has 6 nitrogen and oxygen atoms in total. The van der Waals surface area contributed by atoms with Crippen LogP contribution in [-0.4, -0.2) is 23.9 Å². The minimum absolute atomic E-state index is 0.245. The van der Waals surface area contributed by atoms with Crippen LogP contribution in [0.5, 0.6) is 5.75 Å². The number of benzene rings is 3. The fourth-order valence-corrected chi connectivity index (χ4v) is 3.41.